The Hall–Kier alpha value is -3.86. The molecule has 4 nitrogen and oxygen atoms in total. The van der Waals surface area contributed by atoms with E-state index in [1.165, 1.54) is 24.3 Å². The van der Waals surface area contributed by atoms with Crippen LogP contribution >= 0.6 is 0 Å². The summed E-state index contributed by atoms with van der Waals surface area (Å²) in [5.41, 5.74) is 0.872. The molecule has 0 radical (unpaired) electrons. The van der Waals surface area contributed by atoms with Crippen LogP contribution in [0.3, 0.4) is 0 Å². The summed E-state index contributed by atoms with van der Waals surface area (Å²) < 4.78 is 108. The molecule has 1 aliphatic carbocycles. The molecule has 1 saturated carbocycles. The molecule has 3 aromatic carbocycles. The van der Waals surface area contributed by atoms with E-state index in [-0.39, 0.29) is 23.1 Å². The van der Waals surface area contributed by atoms with Gasteiger partial charge in [0, 0.05) is 24.3 Å². The van der Waals surface area contributed by atoms with Gasteiger partial charge < -0.3 is 14.2 Å². The third kappa shape index (κ3) is 8.12. The molecule has 0 aliphatic heterocycles. The van der Waals surface area contributed by atoms with Gasteiger partial charge in [0.1, 0.15) is 17.4 Å². The zero-order valence-electron chi connectivity index (χ0n) is 22.4. The average Bonchev–Trinajstić information content (AvgIpc) is 2.93. The Morgan fingerprint density at radius 2 is 1.55 bits per heavy atom. The largest absolute Gasteiger partial charge is 0.573 e. The monoisotopic (exact) mass is 596 g/mol. The molecule has 0 amide bonds. The zero-order chi connectivity index (χ0) is 30.4. The van der Waals surface area contributed by atoms with E-state index in [4.69, 9.17) is 9.47 Å². The number of carbonyl (C=O) groups excluding carboxylic acids is 1. The van der Waals surface area contributed by atoms with Gasteiger partial charge in [0.05, 0.1) is 11.7 Å². The van der Waals surface area contributed by atoms with Crippen LogP contribution in [-0.4, -0.2) is 25.0 Å². The molecule has 0 spiro atoms. The Morgan fingerprint density at radius 1 is 0.857 bits per heavy atom. The van der Waals surface area contributed by atoms with E-state index in [1.54, 1.807) is 6.07 Å². The molecule has 0 bridgehead atoms. The fourth-order valence-corrected chi connectivity index (χ4v) is 4.74. The van der Waals surface area contributed by atoms with Crippen LogP contribution in [0.2, 0.25) is 0 Å². The van der Waals surface area contributed by atoms with E-state index in [1.807, 2.05) is 6.07 Å². The van der Waals surface area contributed by atoms with Gasteiger partial charge in [-0.25, -0.2) is 22.4 Å². The predicted molar refractivity (Wildman–Crippen MR) is 141 cm³/mol. The van der Waals surface area contributed by atoms with E-state index in [0.29, 0.717) is 12.1 Å². The lowest BCUT2D eigenvalue weighted by atomic mass is 9.82. The highest BCUT2D eigenvalue weighted by Crippen LogP contribution is 2.35. The first-order valence-electron chi connectivity index (χ1n) is 13.3. The number of esters is 1. The Balaban J connectivity index is 1.39. The second-order valence-corrected chi connectivity index (χ2v) is 9.85. The molecular weight excluding hydrogens is 569 g/mol. The van der Waals surface area contributed by atoms with Crippen LogP contribution in [0.25, 0.3) is 12.2 Å². The molecule has 4 rings (SSSR count). The molecule has 0 heterocycles. The summed E-state index contributed by atoms with van der Waals surface area (Å²) in [5, 5.41) is 0. The minimum absolute atomic E-state index is 0.250. The van der Waals surface area contributed by atoms with Crippen molar-refractivity contribution in [3.63, 3.8) is 0 Å². The Morgan fingerprint density at radius 3 is 2.14 bits per heavy atom. The lowest BCUT2D eigenvalue weighted by Gasteiger charge is -2.29. The van der Waals surface area contributed by atoms with Crippen molar-refractivity contribution in [1.82, 2.24) is 0 Å². The minimum Gasteiger partial charge on any atom is -0.423 e. The number of carbonyl (C=O) groups is 1. The van der Waals surface area contributed by atoms with Gasteiger partial charge in [0.15, 0.2) is 11.6 Å². The summed E-state index contributed by atoms with van der Waals surface area (Å²) in [5.74, 6) is -8.66. The highest BCUT2D eigenvalue weighted by Gasteiger charge is 2.34. The maximum absolute atomic E-state index is 14.8. The van der Waals surface area contributed by atoms with Gasteiger partial charge in [0.25, 0.3) is 0 Å². The Labute approximate surface area is 237 Å². The molecule has 0 atom stereocenters. The highest BCUT2D eigenvalue weighted by molar-refractivity contribution is 5.91. The summed E-state index contributed by atoms with van der Waals surface area (Å²) in [6.45, 7) is 2.81. The van der Waals surface area contributed by atoms with E-state index < -0.39 is 52.7 Å². The van der Waals surface area contributed by atoms with Gasteiger partial charge in [-0.1, -0.05) is 37.3 Å². The SMILES string of the molecule is CCCOC1CCC(c2ccc(C=Cc3ccc(C(=O)Oc4cc(F)c(OC(F)(F)F)c(F)c4)c(F)c3)c(F)c2)CC1. The van der Waals surface area contributed by atoms with Gasteiger partial charge in [-0.3, -0.25) is 0 Å². The van der Waals surface area contributed by atoms with Crippen LogP contribution in [0.15, 0.2) is 48.5 Å². The second kappa shape index (κ2) is 13.4. The van der Waals surface area contributed by atoms with Gasteiger partial charge in [-0.05, 0) is 67.3 Å². The molecule has 0 N–H and O–H groups in total. The second-order valence-electron chi connectivity index (χ2n) is 9.85. The first-order chi connectivity index (χ1) is 19.9. The number of ether oxygens (including phenoxy) is 3. The molecule has 0 aromatic heterocycles. The van der Waals surface area contributed by atoms with Crippen molar-refractivity contribution < 1.29 is 49.7 Å². The fourth-order valence-electron chi connectivity index (χ4n) is 4.74. The van der Waals surface area contributed by atoms with Crippen molar-refractivity contribution >= 4 is 18.1 Å². The fraction of sp³-hybridized carbons (Fsp3) is 0.323. The molecule has 0 saturated heterocycles. The van der Waals surface area contributed by atoms with Crippen LogP contribution in [0.4, 0.5) is 30.7 Å². The first-order valence-corrected chi connectivity index (χ1v) is 13.3. The molecular formula is C31H27F7O4. The van der Waals surface area contributed by atoms with Crippen LogP contribution in [0.5, 0.6) is 11.5 Å². The van der Waals surface area contributed by atoms with Crippen LogP contribution in [-0.2, 0) is 4.74 Å². The normalized spacial score (nSPS) is 17.4. The number of hydrogen-bond donors (Lipinski definition) is 0. The molecule has 1 aliphatic rings. The van der Waals surface area contributed by atoms with E-state index in [2.05, 4.69) is 11.7 Å². The van der Waals surface area contributed by atoms with Crippen molar-refractivity contribution in [2.75, 3.05) is 6.61 Å². The quantitative estimate of drug-likeness (QED) is 0.107. The number of halogens is 7. The lowest BCUT2D eigenvalue weighted by Crippen LogP contribution is -2.21. The van der Waals surface area contributed by atoms with Crippen LogP contribution < -0.4 is 9.47 Å². The summed E-state index contributed by atoms with van der Waals surface area (Å²) in [6, 6.07) is 8.96. The molecule has 1 fully saturated rings. The van der Waals surface area contributed by atoms with E-state index >= 15 is 0 Å². The number of rotatable bonds is 9. The summed E-state index contributed by atoms with van der Waals surface area (Å²) in [6.07, 6.45) is 2.46. The standard InChI is InChI=1S/C31H27F7O4/c1-2-13-40-22-10-8-19(9-11-22)21-7-6-20(25(32)15-21)5-3-18-4-12-24(26(33)14-18)30(39)41-23-16-27(34)29(28(35)17-23)42-31(36,37)38/h3-7,12,14-17,19,22H,2,8-11,13H2,1H3. The summed E-state index contributed by atoms with van der Waals surface area (Å²) >= 11 is 0. The van der Waals surface area contributed by atoms with Crippen LogP contribution in [0, 0.1) is 23.3 Å². The van der Waals surface area contributed by atoms with Crippen LogP contribution in [0.1, 0.15) is 72.0 Å². The summed E-state index contributed by atoms with van der Waals surface area (Å²) in [4.78, 5) is 12.3. The molecule has 224 valence electrons. The topological polar surface area (TPSA) is 44.8 Å². The van der Waals surface area contributed by atoms with Crippen molar-refractivity contribution in [2.45, 2.75) is 57.4 Å². The minimum atomic E-state index is -5.35. The lowest BCUT2D eigenvalue weighted by molar-refractivity contribution is -0.276. The molecule has 11 heteroatoms. The van der Waals surface area contributed by atoms with E-state index in [0.717, 1.165) is 56.4 Å². The van der Waals surface area contributed by atoms with Crippen molar-refractivity contribution in [3.8, 4) is 11.5 Å². The van der Waals surface area contributed by atoms with Crippen molar-refractivity contribution in [3.05, 3.63) is 94.1 Å². The Bertz CT molecular complexity index is 1420. The highest BCUT2D eigenvalue weighted by atomic mass is 19.4. The van der Waals surface area contributed by atoms with Crippen molar-refractivity contribution in [1.29, 1.82) is 0 Å². The number of alkyl halides is 3. The number of hydrogen-bond acceptors (Lipinski definition) is 4. The predicted octanol–water partition coefficient (Wildman–Crippen LogP) is 8.98. The van der Waals surface area contributed by atoms with Crippen molar-refractivity contribution in [2.24, 2.45) is 0 Å². The number of benzene rings is 3. The third-order valence-corrected chi connectivity index (χ3v) is 6.80. The maximum atomic E-state index is 14.8. The van der Waals surface area contributed by atoms with Gasteiger partial charge in [-0.15, -0.1) is 13.2 Å². The third-order valence-electron chi connectivity index (χ3n) is 6.80. The first kappa shape index (κ1) is 31.1. The average molecular weight is 597 g/mol. The van der Waals surface area contributed by atoms with Gasteiger partial charge in [-0.2, -0.15) is 0 Å². The van der Waals surface area contributed by atoms with Gasteiger partial charge >= 0.3 is 12.3 Å². The maximum Gasteiger partial charge on any atom is 0.573 e. The Kier molecular flexibility index (Phi) is 9.93. The molecule has 42 heavy (non-hydrogen) atoms. The smallest absolute Gasteiger partial charge is 0.423 e. The molecule has 3 aromatic rings. The zero-order valence-corrected chi connectivity index (χ0v) is 22.4. The van der Waals surface area contributed by atoms with Gasteiger partial charge in [0.2, 0.25) is 5.75 Å². The summed E-state index contributed by atoms with van der Waals surface area (Å²) in [7, 11) is 0. The molecule has 0 unspecified atom stereocenters. The van der Waals surface area contributed by atoms with E-state index in [9.17, 15) is 35.5 Å².